The average Bonchev–Trinajstić information content (AvgIpc) is 1.61. The van der Waals surface area contributed by atoms with Gasteiger partial charge in [-0.05, 0) is 57.2 Å². The number of unbranched alkanes of at least 4 members (excludes halogenated alkanes) is 4. The topological polar surface area (TPSA) is 294 Å². The van der Waals surface area contributed by atoms with Gasteiger partial charge in [-0.1, -0.05) is 74.9 Å². The van der Waals surface area contributed by atoms with Crippen molar-refractivity contribution < 1.29 is 133 Å². The Balaban J connectivity index is 0.775. The van der Waals surface area contributed by atoms with E-state index in [0.29, 0.717) is 330 Å². The number of anilines is 1. The summed E-state index contributed by atoms with van der Waals surface area (Å²) in [7, 11) is 1.64. The predicted molar refractivity (Wildman–Crippen MR) is 441 cm³/mol. The number of fused-ring (bicyclic) bond motifs is 2. The molecule has 0 aliphatic carbocycles. The zero-order chi connectivity index (χ0) is 82.7. The van der Waals surface area contributed by atoms with Crippen molar-refractivity contribution in [1.29, 1.82) is 0 Å². The molecule has 0 radical (unpaired) electrons. The lowest BCUT2D eigenvalue weighted by molar-refractivity contribution is -0.438. The molecule has 30 heteroatoms. The number of carboxylic acid groups (broad SMARTS) is 1. The van der Waals surface area contributed by atoms with Crippen LogP contribution in [-0.2, 0) is 134 Å². The lowest BCUT2D eigenvalue weighted by Gasteiger charge is -2.27. The van der Waals surface area contributed by atoms with Gasteiger partial charge >= 0.3 is 5.97 Å². The third-order valence-corrected chi connectivity index (χ3v) is 18.1. The first-order valence-electron chi connectivity index (χ1n) is 42.0. The number of methoxy groups -OCH3 is 1. The number of aliphatic carboxylic acids is 1. The summed E-state index contributed by atoms with van der Waals surface area (Å²) >= 11 is 0. The van der Waals surface area contributed by atoms with Crippen LogP contribution in [0.15, 0.2) is 84.6 Å². The Morgan fingerprint density at radius 3 is 1.02 bits per heavy atom. The molecular weight excluding hydrogens is 1510 g/mol. The molecule has 0 fully saturated rings. The molecule has 2 aromatic carbocycles. The van der Waals surface area contributed by atoms with Crippen LogP contribution in [0.1, 0.15) is 90.2 Å². The van der Waals surface area contributed by atoms with Crippen LogP contribution in [0.25, 0.3) is 0 Å². The fraction of sp³-hybridized carbons (Fsp3) is 0.756. The van der Waals surface area contributed by atoms with Gasteiger partial charge in [0, 0.05) is 74.0 Å². The minimum absolute atomic E-state index is 0.0381. The maximum absolute atomic E-state index is 12.7. The van der Waals surface area contributed by atoms with Gasteiger partial charge in [-0.15, -0.1) is 0 Å². The van der Waals surface area contributed by atoms with Crippen molar-refractivity contribution in [2.45, 2.75) is 89.9 Å². The van der Waals surface area contributed by atoms with E-state index in [4.69, 9.17) is 119 Å². The number of benzene rings is 2. The molecule has 2 N–H and O–H groups in total. The molecule has 0 bridgehead atoms. The molecule has 2 aromatic rings. The van der Waals surface area contributed by atoms with Crippen molar-refractivity contribution in [1.82, 2.24) is 5.32 Å². The summed E-state index contributed by atoms with van der Waals surface area (Å²) in [5, 5.41) is 12.1. The van der Waals surface area contributed by atoms with E-state index in [1.807, 2.05) is 0 Å². The van der Waals surface area contributed by atoms with E-state index in [1.54, 1.807) is 7.11 Å². The molecule has 0 spiro atoms. The van der Waals surface area contributed by atoms with Gasteiger partial charge in [0.15, 0.2) is 5.71 Å². The first kappa shape index (κ1) is 103. The highest BCUT2D eigenvalue weighted by atomic mass is 16.6. The average molecular weight is 1650 g/mol. The van der Waals surface area contributed by atoms with Gasteiger partial charge in [-0.2, -0.15) is 4.58 Å². The van der Waals surface area contributed by atoms with E-state index in [0.717, 1.165) is 45.2 Å². The summed E-state index contributed by atoms with van der Waals surface area (Å²) in [6, 6.07) is 17.3. The van der Waals surface area contributed by atoms with E-state index in [9.17, 15) is 9.59 Å². The van der Waals surface area contributed by atoms with Gasteiger partial charge in [0.25, 0.3) is 0 Å². The molecular formula is C86H146N3O27+. The lowest BCUT2D eigenvalue weighted by atomic mass is 9.81. The Bertz CT molecular complexity index is 2780. The predicted octanol–water partition coefficient (Wildman–Crippen LogP) is 8.21. The molecule has 0 unspecified atom stereocenters. The van der Waals surface area contributed by atoms with Gasteiger partial charge in [0.1, 0.15) is 6.54 Å². The number of carbonyl (C=O) groups is 2. The molecule has 2 aliphatic heterocycles. The number of hydrogen-bond acceptors (Lipinski definition) is 27. The zero-order valence-electron chi connectivity index (χ0n) is 71.0. The number of nitrogens with one attached hydrogen (secondary N) is 1. The standard InChI is InChI=1S/C86H145N3O27/c1-85(2)77-19-13-15-21-79(77)88(81(85)23-9-6-10-24-82-86(3,4)78-20-14-16-22-80(78)89(82)29-18-8-12-26-84(91)92)28-17-7-11-25-83(90)87-27-30-94-33-34-96-37-38-98-41-42-100-45-46-102-49-50-104-53-54-106-57-58-108-61-62-110-65-66-112-69-70-114-73-74-116-76-75-115-72-71-113-68-67-111-64-63-109-60-59-107-56-55-105-52-51-103-48-47-101-44-43-99-40-39-97-36-35-95-32-31-93-5/h6,9-10,13-16,19-24H,7-8,11-12,17-18,25-76H2,1-5H3,(H-,87,90,91,92)/p+1. The molecule has 116 heavy (non-hydrogen) atoms. The SMILES string of the molecule is COCCOCCOCCOCCOCCOCCOCCOCCOCCOCCOCCOCCOCCOCCOCCOCCOCCOCCOCCOCCOCCOCCOCCOCCNC(=O)CCCCC[N+]1=C(C=CC=CC=C2N(CCCCCC(=O)O)c3ccccc3C2(C)C)C(C)(C)c2ccccc21. The van der Waals surface area contributed by atoms with Gasteiger partial charge in [0.05, 0.1) is 316 Å². The lowest BCUT2D eigenvalue weighted by Crippen LogP contribution is -2.28. The molecule has 1 amide bonds. The van der Waals surface area contributed by atoms with Crippen LogP contribution in [-0.4, -0.2) is 365 Å². The quantitative estimate of drug-likeness (QED) is 0.0358. The Hall–Kier alpha value is -4.89. The van der Waals surface area contributed by atoms with E-state index in [-0.39, 0.29) is 23.2 Å². The fourth-order valence-electron chi connectivity index (χ4n) is 12.0. The number of allylic oxidation sites excluding steroid dienone is 6. The van der Waals surface area contributed by atoms with E-state index in [2.05, 4.69) is 121 Å². The van der Waals surface area contributed by atoms with Gasteiger partial charge in [-0.25, -0.2) is 0 Å². The molecule has 666 valence electrons. The van der Waals surface area contributed by atoms with Crippen molar-refractivity contribution in [2.24, 2.45) is 0 Å². The molecule has 0 aromatic heterocycles. The summed E-state index contributed by atoms with van der Waals surface area (Å²) in [5.74, 6) is -0.699. The second-order valence-electron chi connectivity index (χ2n) is 27.7. The van der Waals surface area contributed by atoms with Crippen molar-refractivity contribution in [3.8, 4) is 0 Å². The normalized spacial score (nSPS) is 14.1. The summed E-state index contributed by atoms with van der Waals surface area (Å²) in [6.45, 7) is 34.1. The first-order valence-corrected chi connectivity index (χ1v) is 42.0. The number of nitrogens with zero attached hydrogens (tertiary/aromatic N) is 2. The van der Waals surface area contributed by atoms with Crippen molar-refractivity contribution in [2.75, 3.05) is 342 Å². The molecule has 2 heterocycles. The number of rotatable bonds is 87. The van der Waals surface area contributed by atoms with Crippen LogP contribution in [0.5, 0.6) is 0 Å². The van der Waals surface area contributed by atoms with E-state index < -0.39 is 5.97 Å². The Labute approximate surface area is 692 Å². The number of ether oxygens (including phenoxy) is 24. The van der Waals surface area contributed by atoms with Crippen LogP contribution in [0, 0.1) is 0 Å². The molecule has 30 nitrogen and oxygen atoms in total. The van der Waals surface area contributed by atoms with Crippen LogP contribution < -0.4 is 10.2 Å². The third kappa shape index (κ3) is 53.0. The first-order chi connectivity index (χ1) is 57.1. The Morgan fingerprint density at radius 1 is 0.353 bits per heavy atom. The van der Waals surface area contributed by atoms with E-state index >= 15 is 0 Å². The van der Waals surface area contributed by atoms with Gasteiger partial charge < -0.3 is 129 Å². The minimum atomic E-state index is -0.737. The number of carbonyl (C=O) groups excluding carboxylic acids is 1. The van der Waals surface area contributed by atoms with E-state index in [1.165, 1.54) is 33.9 Å². The van der Waals surface area contributed by atoms with Gasteiger partial charge in [-0.3, -0.25) is 9.59 Å². The maximum Gasteiger partial charge on any atom is 0.303 e. The summed E-state index contributed by atoms with van der Waals surface area (Å²) < 4.78 is 135. The second kappa shape index (κ2) is 74.0. The fourth-order valence-corrected chi connectivity index (χ4v) is 12.0. The van der Waals surface area contributed by atoms with Crippen LogP contribution >= 0.6 is 0 Å². The molecule has 2 aliphatic rings. The van der Waals surface area contributed by atoms with Crippen LogP contribution in [0.2, 0.25) is 0 Å². The highest BCUT2D eigenvalue weighted by molar-refractivity contribution is 6.03. The highest BCUT2D eigenvalue weighted by Crippen LogP contribution is 2.48. The van der Waals surface area contributed by atoms with Crippen molar-refractivity contribution in [3.63, 3.8) is 0 Å². The molecule has 0 atom stereocenters. The monoisotopic (exact) mass is 1650 g/mol. The largest absolute Gasteiger partial charge is 0.481 e. The highest BCUT2D eigenvalue weighted by Gasteiger charge is 2.44. The maximum atomic E-state index is 12.7. The zero-order valence-corrected chi connectivity index (χ0v) is 71.0. The smallest absolute Gasteiger partial charge is 0.303 e. The molecule has 0 saturated heterocycles. The van der Waals surface area contributed by atoms with Crippen molar-refractivity contribution >= 4 is 29.0 Å². The number of hydrogen-bond donors (Lipinski definition) is 2. The van der Waals surface area contributed by atoms with Crippen LogP contribution in [0.4, 0.5) is 11.4 Å². The Morgan fingerprint density at radius 2 is 0.664 bits per heavy atom. The Kier molecular flexibility index (Phi) is 66.0. The summed E-state index contributed by atoms with van der Waals surface area (Å²) in [6.07, 6.45) is 16.8. The summed E-state index contributed by atoms with van der Waals surface area (Å²) in [5.41, 5.74) is 7.26. The minimum Gasteiger partial charge on any atom is -0.481 e. The second-order valence-corrected chi connectivity index (χ2v) is 27.7. The molecule has 0 saturated carbocycles. The number of para-hydroxylation sites is 2. The third-order valence-electron chi connectivity index (χ3n) is 18.1. The number of amides is 1. The van der Waals surface area contributed by atoms with Gasteiger partial charge in [0.2, 0.25) is 11.6 Å². The number of carboxylic acids is 1. The van der Waals surface area contributed by atoms with Crippen molar-refractivity contribution in [3.05, 3.63) is 95.7 Å². The summed E-state index contributed by atoms with van der Waals surface area (Å²) in [4.78, 5) is 26.2. The van der Waals surface area contributed by atoms with Crippen LogP contribution in [0.3, 0.4) is 0 Å². The molecule has 4 rings (SSSR count).